The molecule has 0 atom stereocenters. The van der Waals surface area contributed by atoms with Crippen molar-refractivity contribution in [1.82, 2.24) is 9.61 Å². The van der Waals surface area contributed by atoms with Gasteiger partial charge in [0.25, 0.3) is 0 Å². The van der Waals surface area contributed by atoms with Crippen molar-refractivity contribution < 1.29 is 4.74 Å². The predicted octanol–water partition coefficient (Wildman–Crippen LogP) is 2.59. The summed E-state index contributed by atoms with van der Waals surface area (Å²) in [6.45, 7) is 2.82. The van der Waals surface area contributed by atoms with Gasteiger partial charge in [-0.05, 0) is 30.9 Å². The van der Waals surface area contributed by atoms with Gasteiger partial charge in [-0.15, -0.1) is 12.4 Å². The second-order valence-electron chi connectivity index (χ2n) is 4.53. The van der Waals surface area contributed by atoms with Gasteiger partial charge in [0, 0.05) is 26.0 Å². The zero-order valence-corrected chi connectivity index (χ0v) is 11.0. The molecule has 0 radical (unpaired) electrons. The summed E-state index contributed by atoms with van der Waals surface area (Å²) >= 11 is 0. The maximum Gasteiger partial charge on any atom is 0.0893 e. The van der Waals surface area contributed by atoms with Crippen LogP contribution in [0.2, 0.25) is 0 Å². The fraction of sp³-hybridized carbons (Fsp3) is 0.462. The number of rotatable bonds is 3. The predicted molar refractivity (Wildman–Crippen MR) is 74.5 cm³/mol. The van der Waals surface area contributed by atoms with E-state index in [0.717, 1.165) is 49.7 Å². The lowest BCUT2D eigenvalue weighted by atomic mass is 10.0. The number of nitrogens with one attached hydrogen (secondary N) is 1. The van der Waals surface area contributed by atoms with E-state index in [1.807, 2.05) is 29.0 Å². The van der Waals surface area contributed by atoms with Crippen molar-refractivity contribution in [3.63, 3.8) is 0 Å². The molecule has 3 heterocycles. The van der Waals surface area contributed by atoms with Crippen LogP contribution in [-0.2, 0) is 4.74 Å². The Balaban J connectivity index is 0.00000120. The van der Waals surface area contributed by atoms with Crippen molar-refractivity contribution in [3.8, 4) is 0 Å². The monoisotopic (exact) mass is 267 g/mol. The van der Waals surface area contributed by atoms with Gasteiger partial charge in [-0.2, -0.15) is 5.10 Å². The molecular weight excluding hydrogens is 250 g/mol. The average Bonchev–Trinajstić information content (AvgIpc) is 2.81. The molecule has 18 heavy (non-hydrogen) atoms. The smallest absolute Gasteiger partial charge is 0.0893 e. The Kier molecular flexibility index (Phi) is 4.44. The van der Waals surface area contributed by atoms with Gasteiger partial charge in [0.05, 0.1) is 17.4 Å². The van der Waals surface area contributed by atoms with Crippen LogP contribution in [0.25, 0.3) is 5.52 Å². The first kappa shape index (κ1) is 13.2. The van der Waals surface area contributed by atoms with Crippen molar-refractivity contribution in [2.24, 2.45) is 5.92 Å². The van der Waals surface area contributed by atoms with E-state index in [0.29, 0.717) is 0 Å². The number of hydrogen-bond acceptors (Lipinski definition) is 3. The highest BCUT2D eigenvalue weighted by Crippen LogP contribution is 2.19. The molecule has 0 bridgehead atoms. The Morgan fingerprint density at radius 3 is 3.00 bits per heavy atom. The lowest BCUT2D eigenvalue weighted by molar-refractivity contribution is 0.0699. The third-order valence-electron chi connectivity index (χ3n) is 3.35. The van der Waals surface area contributed by atoms with E-state index in [9.17, 15) is 0 Å². The number of hydrogen-bond donors (Lipinski definition) is 1. The van der Waals surface area contributed by atoms with Gasteiger partial charge in [-0.1, -0.05) is 6.07 Å². The first-order valence-corrected chi connectivity index (χ1v) is 6.17. The second-order valence-corrected chi connectivity index (χ2v) is 4.53. The Bertz CT molecular complexity index is 494. The number of pyridine rings is 1. The van der Waals surface area contributed by atoms with Crippen LogP contribution in [0.5, 0.6) is 0 Å². The molecule has 1 aliphatic rings. The molecule has 1 fully saturated rings. The molecule has 4 nitrogen and oxygen atoms in total. The summed E-state index contributed by atoms with van der Waals surface area (Å²) in [7, 11) is 0. The topological polar surface area (TPSA) is 38.6 Å². The highest BCUT2D eigenvalue weighted by Gasteiger charge is 2.14. The highest BCUT2D eigenvalue weighted by atomic mass is 35.5. The lowest BCUT2D eigenvalue weighted by Crippen LogP contribution is -2.22. The third-order valence-corrected chi connectivity index (χ3v) is 3.35. The van der Waals surface area contributed by atoms with Crippen molar-refractivity contribution in [1.29, 1.82) is 0 Å². The molecule has 0 spiro atoms. The number of nitrogens with zero attached hydrogens (tertiary/aromatic N) is 2. The first-order chi connectivity index (χ1) is 8.43. The zero-order valence-electron chi connectivity index (χ0n) is 10.2. The first-order valence-electron chi connectivity index (χ1n) is 6.17. The van der Waals surface area contributed by atoms with Crippen molar-refractivity contribution >= 4 is 23.6 Å². The summed E-state index contributed by atoms with van der Waals surface area (Å²) in [6, 6.07) is 6.11. The normalized spacial score (nSPS) is 16.4. The Morgan fingerprint density at radius 2 is 2.17 bits per heavy atom. The van der Waals surface area contributed by atoms with Gasteiger partial charge < -0.3 is 10.1 Å². The maximum atomic E-state index is 5.36. The average molecular weight is 268 g/mol. The summed E-state index contributed by atoms with van der Waals surface area (Å²) in [5.74, 6) is 0.724. The molecule has 1 N–H and O–H groups in total. The van der Waals surface area contributed by atoms with Crippen LogP contribution >= 0.6 is 12.4 Å². The molecule has 98 valence electrons. The number of ether oxygens (including phenoxy) is 1. The minimum absolute atomic E-state index is 0. The van der Waals surface area contributed by atoms with Crippen LogP contribution in [0.1, 0.15) is 12.8 Å². The summed E-state index contributed by atoms with van der Waals surface area (Å²) in [6.07, 6.45) is 6.18. The molecule has 0 saturated carbocycles. The molecule has 0 amide bonds. The van der Waals surface area contributed by atoms with E-state index in [2.05, 4.69) is 16.5 Å². The van der Waals surface area contributed by atoms with Crippen molar-refractivity contribution in [3.05, 3.63) is 30.6 Å². The van der Waals surface area contributed by atoms with Crippen LogP contribution in [-0.4, -0.2) is 29.4 Å². The molecule has 2 aromatic rings. The molecular formula is C13H18ClN3O. The maximum absolute atomic E-state index is 5.36. The lowest BCUT2D eigenvalue weighted by Gasteiger charge is -2.22. The molecule has 5 heteroatoms. The Labute approximate surface area is 113 Å². The van der Waals surface area contributed by atoms with Crippen molar-refractivity contribution in [2.45, 2.75) is 12.8 Å². The Hall–Kier alpha value is -1.26. The van der Waals surface area contributed by atoms with Gasteiger partial charge >= 0.3 is 0 Å². The fourth-order valence-corrected chi connectivity index (χ4v) is 2.28. The molecule has 0 aliphatic carbocycles. The summed E-state index contributed by atoms with van der Waals surface area (Å²) in [5, 5.41) is 7.81. The molecule has 0 unspecified atom stereocenters. The van der Waals surface area contributed by atoms with Gasteiger partial charge in [0.15, 0.2) is 0 Å². The SMILES string of the molecule is Cl.c1ccn2ncc(NCC3CCOCC3)c2c1. The quantitative estimate of drug-likeness (QED) is 0.929. The third kappa shape index (κ3) is 2.76. The van der Waals surface area contributed by atoms with Crippen LogP contribution < -0.4 is 5.32 Å². The Morgan fingerprint density at radius 1 is 1.33 bits per heavy atom. The van der Waals surface area contributed by atoms with Gasteiger partial charge in [0.2, 0.25) is 0 Å². The van der Waals surface area contributed by atoms with Crippen LogP contribution in [0.15, 0.2) is 30.6 Å². The summed E-state index contributed by atoms with van der Waals surface area (Å²) in [4.78, 5) is 0. The van der Waals surface area contributed by atoms with Gasteiger partial charge in [0.1, 0.15) is 0 Å². The van der Waals surface area contributed by atoms with Gasteiger partial charge in [-0.25, -0.2) is 4.52 Å². The molecule has 1 aliphatic heterocycles. The zero-order chi connectivity index (χ0) is 11.5. The van der Waals surface area contributed by atoms with E-state index < -0.39 is 0 Å². The number of fused-ring (bicyclic) bond motifs is 1. The van der Waals surface area contributed by atoms with Crippen LogP contribution in [0.3, 0.4) is 0 Å². The van der Waals surface area contributed by atoms with Gasteiger partial charge in [-0.3, -0.25) is 0 Å². The van der Waals surface area contributed by atoms with Crippen LogP contribution in [0, 0.1) is 5.92 Å². The van der Waals surface area contributed by atoms with E-state index in [-0.39, 0.29) is 12.4 Å². The van der Waals surface area contributed by atoms with Crippen molar-refractivity contribution in [2.75, 3.05) is 25.1 Å². The fourth-order valence-electron chi connectivity index (χ4n) is 2.28. The molecule has 2 aromatic heterocycles. The largest absolute Gasteiger partial charge is 0.382 e. The number of halogens is 1. The van der Waals surface area contributed by atoms with E-state index >= 15 is 0 Å². The number of anilines is 1. The molecule has 3 rings (SSSR count). The second kappa shape index (κ2) is 6.07. The minimum atomic E-state index is 0. The number of aromatic nitrogens is 2. The van der Waals surface area contributed by atoms with E-state index in [1.165, 1.54) is 0 Å². The molecule has 0 aromatic carbocycles. The minimum Gasteiger partial charge on any atom is -0.382 e. The highest BCUT2D eigenvalue weighted by molar-refractivity contribution is 5.85. The summed E-state index contributed by atoms with van der Waals surface area (Å²) < 4.78 is 7.26. The van der Waals surface area contributed by atoms with E-state index in [1.54, 1.807) is 0 Å². The summed E-state index contributed by atoms with van der Waals surface area (Å²) in [5.41, 5.74) is 2.26. The van der Waals surface area contributed by atoms with Crippen LogP contribution in [0.4, 0.5) is 5.69 Å². The van der Waals surface area contributed by atoms with E-state index in [4.69, 9.17) is 4.74 Å². The molecule has 1 saturated heterocycles. The standard InChI is InChI=1S/C13H17N3O.ClH/c1-2-6-16-13(3-1)12(10-15-16)14-9-11-4-7-17-8-5-11;/h1-3,6,10-11,14H,4-5,7-9H2;1H.